The minimum atomic E-state index is 0.180. The van der Waals surface area contributed by atoms with Gasteiger partial charge in [0, 0.05) is 24.0 Å². The van der Waals surface area contributed by atoms with E-state index in [0.29, 0.717) is 0 Å². The molecule has 98 valence electrons. The molecule has 5 heteroatoms. The van der Waals surface area contributed by atoms with Crippen LogP contribution in [0, 0.1) is 0 Å². The van der Waals surface area contributed by atoms with Crippen LogP contribution in [0.1, 0.15) is 24.3 Å². The van der Waals surface area contributed by atoms with Gasteiger partial charge in [-0.3, -0.25) is 10.1 Å². The van der Waals surface area contributed by atoms with Crippen molar-refractivity contribution in [3.8, 4) is 0 Å². The fourth-order valence-corrected chi connectivity index (χ4v) is 2.07. The van der Waals surface area contributed by atoms with Gasteiger partial charge in [-0.2, -0.15) is 5.10 Å². The Morgan fingerprint density at radius 1 is 1.42 bits per heavy atom. The van der Waals surface area contributed by atoms with Crippen LogP contribution >= 0.6 is 0 Å². The average Bonchev–Trinajstić information content (AvgIpc) is 3.07. The highest BCUT2D eigenvalue weighted by Gasteiger charge is 2.10. The Morgan fingerprint density at radius 3 is 3.16 bits per heavy atom. The molecule has 5 nitrogen and oxygen atoms in total. The van der Waals surface area contributed by atoms with Crippen LogP contribution in [-0.4, -0.2) is 21.7 Å². The van der Waals surface area contributed by atoms with Gasteiger partial charge in [0.05, 0.1) is 12.2 Å². The lowest BCUT2D eigenvalue weighted by atomic mass is 10.2. The van der Waals surface area contributed by atoms with E-state index in [1.165, 1.54) is 5.56 Å². The van der Waals surface area contributed by atoms with Gasteiger partial charge in [0.1, 0.15) is 11.3 Å². The van der Waals surface area contributed by atoms with E-state index in [1.54, 1.807) is 6.20 Å². The van der Waals surface area contributed by atoms with Gasteiger partial charge < -0.3 is 9.73 Å². The number of H-pyrrole nitrogens is 1. The third kappa shape index (κ3) is 2.66. The van der Waals surface area contributed by atoms with Gasteiger partial charge >= 0.3 is 0 Å². The van der Waals surface area contributed by atoms with Crippen molar-refractivity contribution in [2.45, 2.75) is 19.4 Å². The Morgan fingerprint density at radius 2 is 2.37 bits per heavy atom. The Bertz CT molecular complexity index is 611. The molecule has 0 saturated carbocycles. The van der Waals surface area contributed by atoms with E-state index in [9.17, 15) is 0 Å². The van der Waals surface area contributed by atoms with Crippen molar-refractivity contribution in [3.63, 3.8) is 0 Å². The average molecular weight is 256 g/mol. The minimum Gasteiger partial charge on any atom is -0.459 e. The van der Waals surface area contributed by atoms with Crippen LogP contribution in [-0.2, 0) is 6.42 Å². The summed E-state index contributed by atoms with van der Waals surface area (Å²) in [5.74, 6) is 0.940. The molecule has 0 spiro atoms. The molecular weight excluding hydrogens is 240 g/mol. The Labute approximate surface area is 111 Å². The molecule has 0 amide bonds. The molecule has 3 aromatic rings. The predicted octanol–water partition coefficient (Wildman–Crippen LogP) is 2.44. The van der Waals surface area contributed by atoms with Gasteiger partial charge in [0.25, 0.3) is 0 Å². The molecule has 0 aromatic carbocycles. The first-order chi connectivity index (χ1) is 9.33. The Balaban J connectivity index is 1.61. The summed E-state index contributed by atoms with van der Waals surface area (Å²) in [5.41, 5.74) is 2.09. The normalized spacial score (nSPS) is 12.9. The lowest BCUT2D eigenvalue weighted by molar-refractivity contribution is 0.453. The number of hydrogen-bond donors (Lipinski definition) is 2. The molecule has 0 aliphatic rings. The number of nitrogens with one attached hydrogen (secondary N) is 2. The summed E-state index contributed by atoms with van der Waals surface area (Å²) in [6.45, 7) is 2.98. The third-order valence-electron chi connectivity index (χ3n) is 3.18. The van der Waals surface area contributed by atoms with E-state index < -0.39 is 0 Å². The second kappa shape index (κ2) is 5.24. The summed E-state index contributed by atoms with van der Waals surface area (Å²) in [6.07, 6.45) is 8.27. The van der Waals surface area contributed by atoms with Crippen molar-refractivity contribution < 1.29 is 4.42 Å². The fourth-order valence-electron chi connectivity index (χ4n) is 2.07. The highest BCUT2D eigenvalue weighted by molar-refractivity contribution is 5.76. The molecule has 0 fully saturated rings. The molecule has 1 atom stereocenters. The second-order valence-electron chi connectivity index (χ2n) is 4.59. The van der Waals surface area contributed by atoms with Crippen LogP contribution in [0.25, 0.3) is 11.0 Å². The van der Waals surface area contributed by atoms with Crippen LogP contribution in [0.5, 0.6) is 0 Å². The number of furan rings is 1. The van der Waals surface area contributed by atoms with Gasteiger partial charge in [-0.15, -0.1) is 0 Å². The highest BCUT2D eigenvalue weighted by atomic mass is 16.3. The van der Waals surface area contributed by atoms with Crippen molar-refractivity contribution in [3.05, 3.63) is 48.2 Å². The second-order valence-corrected chi connectivity index (χ2v) is 4.59. The Kier molecular flexibility index (Phi) is 3.29. The van der Waals surface area contributed by atoms with E-state index in [2.05, 4.69) is 27.4 Å². The van der Waals surface area contributed by atoms with Crippen LogP contribution in [0.15, 0.2) is 41.3 Å². The van der Waals surface area contributed by atoms with Gasteiger partial charge in [-0.05, 0) is 37.6 Å². The maximum Gasteiger partial charge on any atom is 0.137 e. The van der Waals surface area contributed by atoms with Gasteiger partial charge in [0.2, 0.25) is 0 Å². The standard InChI is InChI=1S/C14H16N4O/c1-10(16-5-2-11-7-17-18-8-11)14-6-12-9-15-4-3-13(12)19-14/h3-4,6-10,16H,2,5H2,1H3,(H,17,18). The summed E-state index contributed by atoms with van der Waals surface area (Å²) in [6, 6.07) is 4.11. The fraction of sp³-hybridized carbons (Fsp3) is 0.286. The van der Waals surface area contributed by atoms with Crippen LogP contribution in [0.2, 0.25) is 0 Å². The first-order valence-electron chi connectivity index (χ1n) is 6.37. The van der Waals surface area contributed by atoms with E-state index in [-0.39, 0.29) is 6.04 Å². The van der Waals surface area contributed by atoms with Crippen LogP contribution < -0.4 is 5.32 Å². The monoisotopic (exact) mass is 256 g/mol. The molecule has 19 heavy (non-hydrogen) atoms. The number of nitrogens with zero attached hydrogens (tertiary/aromatic N) is 2. The summed E-state index contributed by atoms with van der Waals surface area (Å²) in [7, 11) is 0. The maximum atomic E-state index is 5.80. The SMILES string of the molecule is CC(NCCc1cn[nH]c1)c1cc2cnccc2o1. The topological polar surface area (TPSA) is 66.7 Å². The Hall–Kier alpha value is -2.14. The quantitative estimate of drug-likeness (QED) is 0.735. The molecule has 2 N–H and O–H groups in total. The van der Waals surface area contributed by atoms with Crippen molar-refractivity contribution >= 4 is 11.0 Å². The van der Waals surface area contributed by atoms with Crippen LogP contribution in [0.3, 0.4) is 0 Å². The first kappa shape index (κ1) is 11.9. The molecule has 1 unspecified atom stereocenters. The summed E-state index contributed by atoms with van der Waals surface area (Å²) in [4.78, 5) is 4.09. The molecule has 0 aliphatic carbocycles. The molecule has 0 radical (unpaired) electrons. The van der Waals surface area contributed by atoms with Crippen LogP contribution in [0.4, 0.5) is 0 Å². The maximum absolute atomic E-state index is 5.80. The van der Waals surface area contributed by atoms with Crippen molar-refractivity contribution in [2.75, 3.05) is 6.54 Å². The zero-order chi connectivity index (χ0) is 13.1. The van der Waals surface area contributed by atoms with Crippen molar-refractivity contribution in [2.24, 2.45) is 0 Å². The lowest BCUT2D eigenvalue weighted by Gasteiger charge is -2.10. The molecule has 0 bridgehead atoms. The lowest BCUT2D eigenvalue weighted by Crippen LogP contribution is -2.20. The van der Waals surface area contributed by atoms with E-state index >= 15 is 0 Å². The summed E-state index contributed by atoms with van der Waals surface area (Å²) in [5, 5.41) is 11.2. The molecule has 3 aromatic heterocycles. The number of aromatic amines is 1. The zero-order valence-corrected chi connectivity index (χ0v) is 10.8. The van der Waals surface area contributed by atoms with Gasteiger partial charge in [0.15, 0.2) is 0 Å². The van der Waals surface area contributed by atoms with Gasteiger partial charge in [-0.1, -0.05) is 0 Å². The van der Waals surface area contributed by atoms with E-state index in [1.807, 2.05) is 30.7 Å². The zero-order valence-electron chi connectivity index (χ0n) is 10.8. The number of aromatic nitrogens is 3. The van der Waals surface area contributed by atoms with E-state index in [0.717, 1.165) is 29.7 Å². The van der Waals surface area contributed by atoms with Gasteiger partial charge in [-0.25, -0.2) is 0 Å². The van der Waals surface area contributed by atoms with E-state index in [4.69, 9.17) is 4.42 Å². The van der Waals surface area contributed by atoms with Crippen molar-refractivity contribution in [1.29, 1.82) is 0 Å². The number of rotatable bonds is 5. The largest absolute Gasteiger partial charge is 0.459 e. The number of pyridine rings is 1. The summed E-state index contributed by atoms with van der Waals surface area (Å²) < 4.78 is 5.80. The smallest absolute Gasteiger partial charge is 0.137 e. The molecule has 0 saturated heterocycles. The molecule has 0 aliphatic heterocycles. The number of fused-ring (bicyclic) bond motifs is 1. The minimum absolute atomic E-state index is 0.180. The predicted molar refractivity (Wildman–Crippen MR) is 72.7 cm³/mol. The van der Waals surface area contributed by atoms with Crippen molar-refractivity contribution in [1.82, 2.24) is 20.5 Å². The molecular formula is C14H16N4O. The number of hydrogen-bond acceptors (Lipinski definition) is 4. The molecule has 3 rings (SSSR count). The highest BCUT2D eigenvalue weighted by Crippen LogP contribution is 2.22. The first-order valence-corrected chi connectivity index (χ1v) is 6.37. The third-order valence-corrected chi connectivity index (χ3v) is 3.18. The molecule has 3 heterocycles. The summed E-state index contributed by atoms with van der Waals surface area (Å²) >= 11 is 0.